The largest absolute Gasteiger partial charge is 0.488 e. The van der Waals surface area contributed by atoms with Crippen LogP contribution in [0.5, 0.6) is 0 Å². The molecular formula is C15H18O3. The Labute approximate surface area is 107 Å². The van der Waals surface area contributed by atoms with Gasteiger partial charge >= 0.3 is 0 Å². The Morgan fingerprint density at radius 3 is 2.61 bits per heavy atom. The first-order valence-electron chi connectivity index (χ1n) is 6.27. The second kappa shape index (κ2) is 3.75. The first kappa shape index (κ1) is 11.6. The summed E-state index contributed by atoms with van der Waals surface area (Å²) >= 11 is 0. The van der Waals surface area contributed by atoms with Gasteiger partial charge in [0.1, 0.15) is 29.3 Å². The van der Waals surface area contributed by atoms with Crippen LogP contribution in [0.4, 0.5) is 0 Å². The number of allylic oxidation sites excluding steroid dienone is 1. The number of hydrogen-bond acceptors (Lipinski definition) is 3. The maximum atomic E-state index is 6.17. The Hall–Kier alpha value is -1.48. The molecule has 0 spiro atoms. The molecule has 3 unspecified atom stereocenters. The number of fused-ring (bicyclic) bond motifs is 1. The molecule has 2 aliphatic heterocycles. The lowest BCUT2D eigenvalue weighted by Crippen LogP contribution is -2.40. The Kier molecular flexibility index (Phi) is 2.42. The fourth-order valence-corrected chi connectivity index (χ4v) is 2.74. The molecule has 3 atom stereocenters. The summed E-state index contributed by atoms with van der Waals surface area (Å²) in [7, 11) is 0. The highest BCUT2D eigenvalue weighted by molar-refractivity contribution is 5.30. The molecule has 0 amide bonds. The summed E-state index contributed by atoms with van der Waals surface area (Å²) in [5.41, 5.74) is 0.681. The Bertz CT molecular complexity index is 538. The predicted molar refractivity (Wildman–Crippen MR) is 68.1 cm³/mol. The Balaban J connectivity index is 1.99. The normalized spacial score (nSPS) is 34.7. The van der Waals surface area contributed by atoms with E-state index < -0.39 is 5.60 Å². The Morgan fingerprint density at radius 1 is 1.17 bits per heavy atom. The summed E-state index contributed by atoms with van der Waals surface area (Å²) in [6.45, 7) is 8.02. The monoisotopic (exact) mass is 246 g/mol. The summed E-state index contributed by atoms with van der Waals surface area (Å²) in [4.78, 5) is 0. The van der Waals surface area contributed by atoms with Crippen molar-refractivity contribution in [2.24, 2.45) is 0 Å². The van der Waals surface area contributed by atoms with E-state index in [1.54, 1.807) is 0 Å². The van der Waals surface area contributed by atoms with Crippen LogP contribution < -0.4 is 0 Å². The van der Waals surface area contributed by atoms with Crippen LogP contribution in [0.1, 0.15) is 32.3 Å². The fourth-order valence-electron chi connectivity index (χ4n) is 2.74. The third-order valence-electron chi connectivity index (χ3n) is 3.57. The van der Waals surface area contributed by atoms with Crippen LogP contribution in [0, 0.1) is 6.92 Å². The van der Waals surface area contributed by atoms with Crippen molar-refractivity contribution in [3.05, 3.63) is 47.1 Å². The quantitative estimate of drug-likeness (QED) is 0.711. The van der Waals surface area contributed by atoms with Crippen molar-refractivity contribution in [2.75, 3.05) is 0 Å². The van der Waals surface area contributed by atoms with Gasteiger partial charge < -0.3 is 13.9 Å². The third-order valence-corrected chi connectivity index (χ3v) is 3.57. The van der Waals surface area contributed by atoms with E-state index in [1.807, 2.05) is 39.0 Å². The molecule has 0 radical (unpaired) electrons. The summed E-state index contributed by atoms with van der Waals surface area (Å²) in [6.07, 6.45) is 4.13. The smallest absolute Gasteiger partial charge is 0.149 e. The lowest BCUT2D eigenvalue weighted by atomic mass is 9.92. The van der Waals surface area contributed by atoms with Gasteiger partial charge in [0.15, 0.2) is 0 Å². The molecule has 0 N–H and O–H groups in total. The summed E-state index contributed by atoms with van der Waals surface area (Å²) < 4.78 is 17.6. The first-order valence-corrected chi connectivity index (χ1v) is 6.27. The zero-order chi connectivity index (χ0) is 12.9. The summed E-state index contributed by atoms with van der Waals surface area (Å²) in [5, 5.41) is 0. The topological polar surface area (TPSA) is 31.6 Å². The van der Waals surface area contributed by atoms with Gasteiger partial charge in [-0.25, -0.2) is 0 Å². The molecule has 1 aromatic rings. The molecule has 1 aromatic heterocycles. The minimum absolute atomic E-state index is 0.0223. The molecule has 3 nitrogen and oxygen atoms in total. The Morgan fingerprint density at radius 2 is 1.94 bits per heavy atom. The highest BCUT2D eigenvalue weighted by Crippen LogP contribution is 2.40. The molecule has 3 heteroatoms. The maximum absolute atomic E-state index is 6.17. The van der Waals surface area contributed by atoms with Crippen LogP contribution in [-0.4, -0.2) is 12.2 Å². The van der Waals surface area contributed by atoms with Crippen LogP contribution in [0.25, 0.3) is 0 Å². The molecule has 0 aliphatic carbocycles. The lowest BCUT2D eigenvalue weighted by molar-refractivity contribution is -0.0913. The van der Waals surface area contributed by atoms with Crippen LogP contribution >= 0.6 is 0 Å². The van der Waals surface area contributed by atoms with E-state index in [0.29, 0.717) is 0 Å². The van der Waals surface area contributed by atoms with E-state index in [4.69, 9.17) is 13.9 Å². The zero-order valence-electron chi connectivity index (χ0n) is 11.2. The number of hydrogen-bond donors (Lipinski definition) is 0. The number of aryl methyl sites for hydroxylation is 1. The van der Waals surface area contributed by atoms with Gasteiger partial charge in [-0.15, -0.1) is 0 Å². The predicted octanol–water partition coefficient (Wildman–Crippen LogP) is 3.45. The molecule has 3 rings (SSSR count). The molecule has 0 bridgehead atoms. The van der Waals surface area contributed by atoms with Crippen molar-refractivity contribution in [1.82, 2.24) is 0 Å². The van der Waals surface area contributed by atoms with Crippen molar-refractivity contribution >= 4 is 0 Å². The summed E-state index contributed by atoms with van der Waals surface area (Å²) in [6, 6.07) is 3.94. The van der Waals surface area contributed by atoms with Crippen LogP contribution in [0.3, 0.4) is 0 Å². The average Bonchev–Trinajstić information content (AvgIpc) is 2.84. The first-order chi connectivity index (χ1) is 8.48. The van der Waals surface area contributed by atoms with Gasteiger partial charge in [0, 0.05) is 0 Å². The molecule has 0 saturated carbocycles. The van der Waals surface area contributed by atoms with E-state index in [2.05, 4.69) is 13.0 Å². The highest BCUT2D eigenvalue weighted by Gasteiger charge is 2.43. The van der Waals surface area contributed by atoms with E-state index in [0.717, 1.165) is 17.3 Å². The standard InChI is InChI=1S/C15H18O3/c1-9-8-15(4,13-6-5-10(2)16-13)18-12-7-11(3)17-14(9)12/h5-8,12,14H,1-4H3. The van der Waals surface area contributed by atoms with Crippen molar-refractivity contribution in [3.63, 3.8) is 0 Å². The van der Waals surface area contributed by atoms with Crippen molar-refractivity contribution in [1.29, 1.82) is 0 Å². The van der Waals surface area contributed by atoms with E-state index >= 15 is 0 Å². The molecule has 0 fully saturated rings. The second-order valence-corrected chi connectivity index (χ2v) is 5.30. The number of furan rings is 1. The maximum Gasteiger partial charge on any atom is 0.149 e. The molecule has 0 aromatic carbocycles. The third kappa shape index (κ3) is 1.70. The van der Waals surface area contributed by atoms with Crippen LogP contribution in [-0.2, 0) is 15.1 Å². The minimum atomic E-state index is -0.510. The van der Waals surface area contributed by atoms with Gasteiger partial charge in [-0.3, -0.25) is 0 Å². The molecule has 2 aliphatic rings. The molecule has 3 heterocycles. The highest BCUT2D eigenvalue weighted by atomic mass is 16.6. The van der Waals surface area contributed by atoms with Crippen molar-refractivity contribution in [3.8, 4) is 0 Å². The van der Waals surface area contributed by atoms with Crippen LogP contribution in [0.15, 0.2) is 40.0 Å². The van der Waals surface area contributed by atoms with Crippen molar-refractivity contribution < 1.29 is 13.9 Å². The minimum Gasteiger partial charge on any atom is -0.488 e. The lowest BCUT2D eigenvalue weighted by Gasteiger charge is -2.36. The van der Waals surface area contributed by atoms with Gasteiger partial charge in [-0.2, -0.15) is 0 Å². The fraction of sp³-hybridized carbons (Fsp3) is 0.467. The second-order valence-electron chi connectivity index (χ2n) is 5.30. The molecular weight excluding hydrogens is 228 g/mol. The average molecular weight is 246 g/mol. The van der Waals surface area contributed by atoms with Crippen molar-refractivity contribution in [2.45, 2.75) is 45.5 Å². The molecule has 96 valence electrons. The van der Waals surface area contributed by atoms with E-state index in [1.165, 1.54) is 5.57 Å². The van der Waals surface area contributed by atoms with Gasteiger partial charge in [-0.1, -0.05) is 0 Å². The van der Waals surface area contributed by atoms with Crippen LogP contribution in [0.2, 0.25) is 0 Å². The van der Waals surface area contributed by atoms with Gasteiger partial charge in [0.05, 0.1) is 5.76 Å². The van der Waals surface area contributed by atoms with Gasteiger partial charge in [0.2, 0.25) is 0 Å². The summed E-state index contributed by atoms with van der Waals surface area (Å²) in [5.74, 6) is 2.67. The molecule has 18 heavy (non-hydrogen) atoms. The SMILES string of the molecule is CC1=CC2OC(C)(c3ccc(C)o3)C=C(C)C2O1. The van der Waals surface area contributed by atoms with Gasteiger partial charge in [-0.05, 0) is 57.6 Å². The molecule has 0 saturated heterocycles. The number of rotatable bonds is 1. The number of ether oxygens (including phenoxy) is 2. The van der Waals surface area contributed by atoms with E-state index in [9.17, 15) is 0 Å². The van der Waals surface area contributed by atoms with E-state index in [-0.39, 0.29) is 12.2 Å². The zero-order valence-corrected chi connectivity index (χ0v) is 11.2. The van der Waals surface area contributed by atoms with Gasteiger partial charge in [0.25, 0.3) is 0 Å².